The van der Waals surface area contributed by atoms with Gasteiger partial charge in [0.2, 0.25) is 0 Å². The van der Waals surface area contributed by atoms with Gasteiger partial charge in [0.05, 0.1) is 45.1 Å². The van der Waals surface area contributed by atoms with Crippen molar-refractivity contribution in [1.82, 2.24) is 0 Å². The van der Waals surface area contributed by atoms with Gasteiger partial charge in [0.15, 0.2) is 6.29 Å². The summed E-state index contributed by atoms with van der Waals surface area (Å²) >= 11 is 0. The fourth-order valence-electron chi connectivity index (χ4n) is 4.55. The third-order valence-corrected chi connectivity index (χ3v) is 6.41. The van der Waals surface area contributed by atoms with Crippen LogP contribution < -0.4 is 0 Å². The molecule has 1 saturated heterocycles. The molecule has 1 aliphatic rings. The molecule has 196 valence electrons. The highest BCUT2D eigenvalue weighted by Gasteiger charge is 2.48. The summed E-state index contributed by atoms with van der Waals surface area (Å²) in [7, 11) is 1.55. The fourth-order valence-corrected chi connectivity index (χ4v) is 4.55. The number of carbonyl (C=O) groups is 1. The summed E-state index contributed by atoms with van der Waals surface area (Å²) in [5, 5.41) is 9.78. The standard InChI is InChI=1S/C30H34O7/c1-33-30-29(36-20-24-15-9-4-10-16-24)28(35-19-23-13-7-3-8-14-23)25(17-27(31)32)26(37-30)21-34-18-22-11-5-2-6-12-22/h2-16,25-26,28-30H,17-21H2,1H3,(H,31,32)/t25-,26+,28-,29+,30-/m0/s1. The van der Waals surface area contributed by atoms with E-state index in [4.69, 9.17) is 23.7 Å². The summed E-state index contributed by atoms with van der Waals surface area (Å²) in [5.74, 6) is -1.45. The predicted octanol–water partition coefficient (Wildman–Crippen LogP) is 4.84. The number of methoxy groups -OCH3 is 1. The summed E-state index contributed by atoms with van der Waals surface area (Å²) in [6, 6.07) is 29.4. The van der Waals surface area contributed by atoms with Gasteiger partial charge in [-0.05, 0) is 16.7 Å². The molecular formula is C30H34O7. The van der Waals surface area contributed by atoms with Crippen molar-refractivity contribution in [2.75, 3.05) is 13.7 Å². The van der Waals surface area contributed by atoms with Crippen LogP contribution in [-0.2, 0) is 48.3 Å². The molecule has 0 spiro atoms. The van der Waals surface area contributed by atoms with Crippen molar-refractivity contribution in [3.8, 4) is 0 Å². The molecule has 37 heavy (non-hydrogen) atoms. The van der Waals surface area contributed by atoms with Crippen molar-refractivity contribution in [2.45, 2.75) is 50.8 Å². The Bertz CT molecular complexity index is 1060. The Morgan fingerprint density at radius 2 is 1.24 bits per heavy atom. The van der Waals surface area contributed by atoms with Gasteiger partial charge in [-0.2, -0.15) is 0 Å². The van der Waals surface area contributed by atoms with Gasteiger partial charge in [-0.25, -0.2) is 0 Å². The first kappa shape index (κ1) is 27.0. The molecule has 4 rings (SSSR count). The van der Waals surface area contributed by atoms with E-state index >= 15 is 0 Å². The summed E-state index contributed by atoms with van der Waals surface area (Å²) in [6.07, 6.45) is -2.69. The number of ether oxygens (including phenoxy) is 5. The summed E-state index contributed by atoms with van der Waals surface area (Å²) in [6.45, 7) is 1.21. The van der Waals surface area contributed by atoms with E-state index in [1.165, 1.54) is 0 Å². The molecule has 3 aromatic carbocycles. The van der Waals surface area contributed by atoms with E-state index in [-0.39, 0.29) is 13.0 Å². The van der Waals surface area contributed by atoms with Crippen molar-refractivity contribution >= 4 is 5.97 Å². The van der Waals surface area contributed by atoms with Crippen molar-refractivity contribution in [1.29, 1.82) is 0 Å². The van der Waals surface area contributed by atoms with Crippen molar-refractivity contribution in [3.63, 3.8) is 0 Å². The molecule has 0 unspecified atom stereocenters. The fraction of sp³-hybridized carbons (Fsp3) is 0.367. The molecular weight excluding hydrogens is 472 g/mol. The second-order valence-electron chi connectivity index (χ2n) is 9.06. The van der Waals surface area contributed by atoms with E-state index in [2.05, 4.69) is 0 Å². The van der Waals surface area contributed by atoms with E-state index in [0.717, 1.165) is 16.7 Å². The molecule has 1 heterocycles. The van der Waals surface area contributed by atoms with Crippen molar-refractivity contribution in [3.05, 3.63) is 108 Å². The molecule has 1 N–H and O–H groups in total. The number of aliphatic carboxylic acids is 1. The second kappa shape index (κ2) is 14.0. The Hall–Kier alpha value is -3.07. The molecule has 0 aromatic heterocycles. The minimum atomic E-state index is -0.937. The van der Waals surface area contributed by atoms with E-state index < -0.39 is 36.5 Å². The van der Waals surface area contributed by atoms with Gasteiger partial charge in [0, 0.05) is 13.0 Å². The molecule has 5 atom stereocenters. The van der Waals surface area contributed by atoms with Crippen LogP contribution in [0.15, 0.2) is 91.0 Å². The van der Waals surface area contributed by atoms with Crippen LogP contribution in [0.25, 0.3) is 0 Å². The number of carboxylic acid groups (broad SMARTS) is 1. The normalized spacial score (nSPS) is 23.5. The van der Waals surface area contributed by atoms with Gasteiger partial charge in [0.25, 0.3) is 0 Å². The lowest BCUT2D eigenvalue weighted by atomic mass is 9.86. The van der Waals surface area contributed by atoms with Crippen LogP contribution in [0.4, 0.5) is 0 Å². The van der Waals surface area contributed by atoms with Crippen LogP contribution in [-0.4, -0.2) is 49.4 Å². The number of hydrogen-bond donors (Lipinski definition) is 1. The van der Waals surface area contributed by atoms with Crippen molar-refractivity contribution < 1.29 is 33.6 Å². The van der Waals surface area contributed by atoms with Gasteiger partial charge in [-0.15, -0.1) is 0 Å². The monoisotopic (exact) mass is 506 g/mol. The molecule has 1 aliphatic heterocycles. The lowest BCUT2D eigenvalue weighted by molar-refractivity contribution is -0.305. The summed E-state index contributed by atoms with van der Waals surface area (Å²) in [5.41, 5.74) is 3.00. The van der Waals surface area contributed by atoms with E-state index in [1.807, 2.05) is 91.0 Å². The van der Waals surface area contributed by atoms with Crippen molar-refractivity contribution in [2.24, 2.45) is 5.92 Å². The first-order valence-corrected chi connectivity index (χ1v) is 12.5. The Labute approximate surface area is 217 Å². The van der Waals surface area contributed by atoms with Crippen LogP contribution in [0, 0.1) is 5.92 Å². The van der Waals surface area contributed by atoms with Gasteiger partial charge >= 0.3 is 5.97 Å². The minimum Gasteiger partial charge on any atom is -0.481 e. The third-order valence-electron chi connectivity index (χ3n) is 6.41. The molecule has 1 fully saturated rings. The highest BCUT2D eigenvalue weighted by molar-refractivity contribution is 5.67. The number of benzene rings is 3. The minimum absolute atomic E-state index is 0.152. The van der Waals surface area contributed by atoms with Crippen LogP contribution in [0.1, 0.15) is 23.1 Å². The maximum absolute atomic E-state index is 11.9. The quantitative estimate of drug-likeness (QED) is 0.355. The van der Waals surface area contributed by atoms with E-state index in [9.17, 15) is 9.90 Å². The molecule has 0 aliphatic carbocycles. The first-order valence-electron chi connectivity index (χ1n) is 12.5. The van der Waals surface area contributed by atoms with Crippen LogP contribution in [0.2, 0.25) is 0 Å². The molecule has 0 saturated carbocycles. The maximum Gasteiger partial charge on any atom is 0.303 e. The number of hydrogen-bond acceptors (Lipinski definition) is 6. The SMILES string of the molecule is CO[C@H]1O[C@H](COCc2ccccc2)[C@H](CC(=O)O)[C@H](OCc2ccccc2)[C@H]1OCc1ccccc1. The molecule has 0 radical (unpaired) electrons. The zero-order valence-corrected chi connectivity index (χ0v) is 21.0. The largest absolute Gasteiger partial charge is 0.481 e. The first-order chi connectivity index (χ1) is 18.1. The van der Waals surface area contributed by atoms with Crippen LogP contribution >= 0.6 is 0 Å². The van der Waals surface area contributed by atoms with Gasteiger partial charge < -0.3 is 28.8 Å². The lowest BCUT2D eigenvalue weighted by Crippen LogP contribution is -2.58. The zero-order valence-electron chi connectivity index (χ0n) is 21.0. The topological polar surface area (TPSA) is 83.5 Å². The van der Waals surface area contributed by atoms with Crippen LogP contribution in [0.5, 0.6) is 0 Å². The van der Waals surface area contributed by atoms with Gasteiger partial charge in [-0.3, -0.25) is 4.79 Å². The van der Waals surface area contributed by atoms with E-state index in [1.54, 1.807) is 7.11 Å². The maximum atomic E-state index is 11.9. The molecule has 3 aromatic rings. The molecule has 0 bridgehead atoms. The van der Waals surface area contributed by atoms with Gasteiger partial charge in [-0.1, -0.05) is 91.0 Å². The third kappa shape index (κ3) is 7.95. The molecule has 7 heteroatoms. The summed E-state index contributed by atoms with van der Waals surface area (Å²) < 4.78 is 30.6. The molecule has 7 nitrogen and oxygen atoms in total. The average molecular weight is 507 g/mol. The lowest BCUT2D eigenvalue weighted by Gasteiger charge is -2.45. The predicted molar refractivity (Wildman–Crippen MR) is 138 cm³/mol. The summed E-state index contributed by atoms with van der Waals surface area (Å²) in [4.78, 5) is 11.9. The number of carboxylic acids is 1. The highest BCUT2D eigenvalue weighted by Crippen LogP contribution is 2.34. The average Bonchev–Trinajstić information content (AvgIpc) is 2.93. The Kier molecular flexibility index (Phi) is 10.2. The Morgan fingerprint density at radius 1 is 0.757 bits per heavy atom. The highest BCUT2D eigenvalue weighted by atomic mass is 16.7. The Morgan fingerprint density at radius 3 is 1.73 bits per heavy atom. The smallest absolute Gasteiger partial charge is 0.303 e. The Balaban J connectivity index is 1.54. The number of rotatable bonds is 13. The zero-order chi connectivity index (χ0) is 25.9. The molecule has 0 amide bonds. The second-order valence-corrected chi connectivity index (χ2v) is 9.06. The van der Waals surface area contributed by atoms with Gasteiger partial charge in [0.1, 0.15) is 6.10 Å². The van der Waals surface area contributed by atoms with E-state index in [0.29, 0.717) is 19.8 Å². The van der Waals surface area contributed by atoms with Crippen LogP contribution in [0.3, 0.4) is 0 Å².